The molecule has 0 N–H and O–H groups in total. The Morgan fingerprint density at radius 3 is 1.76 bits per heavy atom. The summed E-state index contributed by atoms with van der Waals surface area (Å²) in [5.74, 6) is 3.57. The molecule has 0 heteroatoms. The van der Waals surface area contributed by atoms with Gasteiger partial charge in [0.2, 0.25) is 0 Å². The van der Waals surface area contributed by atoms with Gasteiger partial charge in [0.05, 0.1) is 0 Å². The van der Waals surface area contributed by atoms with Crippen LogP contribution in [0.3, 0.4) is 0 Å². The lowest BCUT2D eigenvalue weighted by molar-refractivity contribution is 0.242. The number of hydrogen-bond donors (Lipinski definition) is 0. The van der Waals surface area contributed by atoms with Crippen molar-refractivity contribution in [3.05, 3.63) is 93.6 Å². The van der Waals surface area contributed by atoms with Crippen LogP contribution < -0.4 is 0 Å². The molecule has 0 aromatic heterocycles. The van der Waals surface area contributed by atoms with Crippen LogP contribution >= 0.6 is 0 Å². The van der Waals surface area contributed by atoms with E-state index >= 15 is 0 Å². The third-order valence-electron chi connectivity index (χ3n) is 11.9. The second-order valence-electron chi connectivity index (χ2n) is 17.7. The minimum atomic E-state index is 0.103. The largest absolute Gasteiger partial charge is 0.0851 e. The summed E-state index contributed by atoms with van der Waals surface area (Å²) in [5, 5.41) is 0. The van der Waals surface area contributed by atoms with Gasteiger partial charge in [-0.15, -0.1) is 0 Å². The fourth-order valence-corrected chi connectivity index (χ4v) is 9.50. The Hall–Kier alpha value is -2.34. The van der Waals surface area contributed by atoms with Gasteiger partial charge in [0, 0.05) is 11.3 Å². The van der Waals surface area contributed by atoms with Crippen LogP contribution in [-0.2, 0) is 10.8 Å². The second-order valence-corrected chi connectivity index (χ2v) is 17.7. The molecule has 2 aromatic carbocycles. The molecule has 0 heterocycles. The summed E-state index contributed by atoms with van der Waals surface area (Å²) < 4.78 is 0. The van der Waals surface area contributed by atoms with E-state index in [1.807, 2.05) is 5.57 Å². The van der Waals surface area contributed by atoms with E-state index in [0.29, 0.717) is 5.92 Å². The molecule has 0 aliphatic heterocycles. The SMILES string of the molecule is CC(C)(C)C1=CC2=C(C1)C(C1CC3C=CC1C3)CC2(C)C1c2cc(C(C)(C)C)ccc2-c2ccc(C(C)(C)C)cc21. The topological polar surface area (TPSA) is 0 Å². The zero-order valence-corrected chi connectivity index (χ0v) is 27.4. The lowest BCUT2D eigenvalue weighted by Gasteiger charge is -2.38. The Morgan fingerprint density at radius 2 is 1.29 bits per heavy atom. The van der Waals surface area contributed by atoms with Gasteiger partial charge >= 0.3 is 0 Å². The van der Waals surface area contributed by atoms with Crippen LogP contribution in [0, 0.1) is 34.5 Å². The molecule has 1 saturated carbocycles. The van der Waals surface area contributed by atoms with E-state index in [9.17, 15) is 0 Å². The van der Waals surface area contributed by atoms with Gasteiger partial charge in [0.15, 0.2) is 0 Å². The van der Waals surface area contributed by atoms with Gasteiger partial charge in [-0.25, -0.2) is 0 Å². The fraction of sp³-hybridized carbons (Fsp3) is 0.561. The molecule has 0 spiro atoms. The zero-order chi connectivity index (χ0) is 29.3. The van der Waals surface area contributed by atoms with Crippen LogP contribution in [0.5, 0.6) is 0 Å². The Kier molecular flexibility index (Phi) is 5.77. The number of allylic oxidation sites excluding steroid dienone is 6. The second kappa shape index (κ2) is 8.61. The van der Waals surface area contributed by atoms with Crippen molar-refractivity contribution in [3.63, 3.8) is 0 Å². The van der Waals surface area contributed by atoms with E-state index in [1.54, 1.807) is 22.3 Å². The first-order valence-corrected chi connectivity index (χ1v) is 16.5. The van der Waals surface area contributed by atoms with Gasteiger partial charge in [-0.2, -0.15) is 0 Å². The quantitative estimate of drug-likeness (QED) is 0.330. The van der Waals surface area contributed by atoms with Crippen molar-refractivity contribution < 1.29 is 0 Å². The van der Waals surface area contributed by atoms with Crippen LogP contribution in [-0.4, -0.2) is 0 Å². The minimum absolute atomic E-state index is 0.103. The number of hydrogen-bond acceptors (Lipinski definition) is 0. The molecule has 5 aliphatic carbocycles. The Balaban J connectivity index is 1.43. The Labute approximate surface area is 250 Å². The molecular formula is C41H52. The smallest absolute Gasteiger partial charge is 0.0196 e. The molecule has 1 fully saturated rings. The van der Waals surface area contributed by atoms with E-state index in [-0.39, 0.29) is 21.7 Å². The van der Waals surface area contributed by atoms with E-state index in [4.69, 9.17) is 0 Å². The molecule has 41 heavy (non-hydrogen) atoms. The summed E-state index contributed by atoms with van der Waals surface area (Å²) >= 11 is 0. The molecule has 0 nitrogen and oxygen atoms in total. The van der Waals surface area contributed by atoms with E-state index in [2.05, 4.69) is 124 Å². The molecule has 5 aliphatic rings. The highest BCUT2D eigenvalue weighted by atomic mass is 14.6. The lowest BCUT2D eigenvalue weighted by atomic mass is 9.64. The van der Waals surface area contributed by atoms with Crippen LogP contribution in [0.2, 0.25) is 0 Å². The standard InChI is InChI=1S/C41H52/c1-38(2,3)26-13-15-29-30-16-14-27(39(4,5)6)20-34(30)37(33(29)19-26)41(10)23-35(31-18-24-11-12-25(31)17-24)32-21-28(22-36(32)41)40(7,8)9/h11-16,19-20,22,24-25,31,35,37H,17-18,21,23H2,1-10H3. The van der Waals surface area contributed by atoms with Crippen LogP contribution in [0.1, 0.15) is 123 Å². The van der Waals surface area contributed by atoms with E-state index in [1.165, 1.54) is 47.9 Å². The highest BCUT2D eigenvalue weighted by molar-refractivity contribution is 5.81. The maximum atomic E-state index is 2.71. The molecule has 0 saturated heterocycles. The molecule has 0 amide bonds. The first-order valence-electron chi connectivity index (χ1n) is 16.5. The molecule has 5 unspecified atom stereocenters. The van der Waals surface area contributed by atoms with Gasteiger partial charge in [-0.05, 0) is 105 Å². The summed E-state index contributed by atoms with van der Waals surface area (Å²) in [6.07, 6.45) is 13.1. The average molecular weight is 545 g/mol. The minimum Gasteiger partial charge on any atom is -0.0851 e. The van der Waals surface area contributed by atoms with E-state index < -0.39 is 0 Å². The monoisotopic (exact) mass is 544 g/mol. The molecule has 7 rings (SSSR count). The van der Waals surface area contributed by atoms with Crippen molar-refractivity contribution in [1.82, 2.24) is 0 Å². The van der Waals surface area contributed by atoms with Crippen molar-refractivity contribution in [2.75, 3.05) is 0 Å². The van der Waals surface area contributed by atoms with Crippen LogP contribution in [0.25, 0.3) is 11.1 Å². The molecule has 216 valence electrons. The van der Waals surface area contributed by atoms with Crippen molar-refractivity contribution in [2.45, 2.75) is 112 Å². The number of rotatable bonds is 2. The van der Waals surface area contributed by atoms with Gasteiger partial charge < -0.3 is 0 Å². The van der Waals surface area contributed by atoms with E-state index in [0.717, 1.165) is 23.7 Å². The maximum absolute atomic E-state index is 2.71. The maximum Gasteiger partial charge on any atom is 0.0196 e. The summed E-state index contributed by atoms with van der Waals surface area (Å²) in [6.45, 7) is 24.2. The van der Waals surface area contributed by atoms with Crippen molar-refractivity contribution in [2.24, 2.45) is 34.5 Å². The van der Waals surface area contributed by atoms with Crippen molar-refractivity contribution >= 4 is 0 Å². The molecule has 2 aromatic rings. The molecule has 5 atom stereocenters. The van der Waals surface area contributed by atoms with Crippen LogP contribution in [0.4, 0.5) is 0 Å². The third-order valence-corrected chi connectivity index (χ3v) is 11.9. The number of benzene rings is 2. The number of fused-ring (bicyclic) bond motifs is 5. The summed E-state index contributed by atoms with van der Waals surface area (Å²) in [6, 6.07) is 15.0. The van der Waals surface area contributed by atoms with Gasteiger partial charge in [-0.1, -0.05) is 135 Å². The highest BCUT2D eigenvalue weighted by Crippen LogP contribution is 2.67. The summed E-state index contributed by atoms with van der Waals surface area (Å²) in [4.78, 5) is 0. The highest BCUT2D eigenvalue weighted by Gasteiger charge is 2.55. The molecule has 0 radical (unpaired) electrons. The Bertz CT molecular complexity index is 1450. The third kappa shape index (κ3) is 4.13. The summed E-state index contributed by atoms with van der Waals surface area (Å²) in [7, 11) is 0. The average Bonchev–Trinajstić information content (AvgIpc) is 3.68. The lowest BCUT2D eigenvalue weighted by Crippen LogP contribution is -2.29. The molecule has 2 bridgehead atoms. The predicted molar refractivity (Wildman–Crippen MR) is 175 cm³/mol. The molecular weight excluding hydrogens is 492 g/mol. The van der Waals surface area contributed by atoms with Crippen molar-refractivity contribution in [1.29, 1.82) is 0 Å². The normalized spacial score (nSPS) is 30.7. The first-order chi connectivity index (χ1) is 19.1. The van der Waals surface area contributed by atoms with Gasteiger partial charge in [-0.3, -0.25) is 0 Å². The zero-order valence-electron chi connectivity index (χ0n) is 27.4. The fourth-order valence-electron chi connectivity index (χ4n) is 9.50. The van der Waals surface area contributed by atoms with Crippen LogP contribution in [0.15, 0.2) is 71.3 Å². The first kappa shape index (κ1) is 27.5. The predicted octanol–water partition coefficient (Wildman–Crippen LogP) is 11.3. The van der Waals surface area contributed by atoms with Gasteiger partial charge in [0.25, 0.3) is 0 Å². The van der Waals surface area contributed by atoms with Crippen molar-refractivity contribution in [3.8, 4) is 11.1 Å². The summed E-state index contributed by atoms with van der Waals surface area (Å²) in [5.41, 5.74) is 14.8. The Morgan fingerprint density at radius 1 is 0.707 bits per heavy atom. The van der Waals surface area contributed by atoms with Gasteiger partial charge in [0.1, 0.15) is 0 Å².